The average Bonchev–Trinajstić information content (AvgIpc) is 3.27. The van der Waals surface area contributed by atoms with Gasteiger partial charge in [0.25, 0.3) is 11.8 Å². The molecule has 0 unspecified atom stereocenters. The van der Waals surface area contributed by atoms with E-state index in [0.717, 1.165) is 11.5 Å². The number of carbonyl (C=O) groups excluding carboxylic acids is 3. The Morgan fingerprint density at radius 2 is 1.57 bits per heavy atom. The van der Waals surface area contributed by atoms with Gasteiger partial charge in [-0.25, -0.2) is 4.79 Å². The maximum atomic E-state index is 12.1. The van der Waals surface area contributed by atoms with Crippen LogP contribution in [0.3, 0.4) is 0 Å². The number of esters is 1. The lowest BCUT2D eigenvalue weighted by atomic mass is 10.1. The van der Waals surface area contributed by atoms with Crippen molar-refractivity contribution in [3.63, 3.8) is 0 Å². The first-order chi connectivity index (χ1) is 13.6. The van der Waals surface area contributed by atoms with Crippen molar-refractivity contribution in [2.24, 2.45) is 0 Å². The number of thioether (sulfide) groups is 2. The average molecular weight is 417 g/mol. The molecule has 1 aliphatic heterocycles. The third-order valence-corrected chi connectivity index (χ3v) is 7.14. The first-order valence-corrected chi connectivity index (χ1v) is 10.8. The third kappa shape index (κ3) is 5.30. The number of amides is 2. The molecule has 1 fully saturated rings. The molecule has 2 aromatic carbocycles. The molecule has 6 nitrogen and oxygen atoms in total. The van der Waals surface area contributed by atoms with E-state index in [0.29, 0.717) is 21.4 Å². The fraction of sp³-hybridized carbons (Fsp3) is 0.250. The smallest absolute Gasteiger partial charge is 0.338 e. The minimum atomic E-state index is -0.539. The summed E-state index contributed by atoms with van der Waals surface area (Å²) in [6.45, 7) is -0.383. The highest BCUT2D eigenvalue weighted by Gasteiger charge is 2.19. The van der Waals surface area contributed by atoms with Crippen molar-refractivity contribution >= 4 is 47.0 Å². The van der Waals surface area contributed by atoms with Gasteiger partial charge < -0.3 is 15.4 Å². The highest BCUT2D eigenvalue weighted by Crippen LogP contribution is 2.45. The molecule has 146 valence electrons. The summed E-state index contributed by atoms with van der Waals surface area (Å²) >= 11 is 3.80. The Labute approximate surface area is 171 Å². The van der Waals surface area contributed by atoms with E-state index in [4.69, 9.17) is 4.74 Å². The molecule has 0 radical (unpaired) electrons. The summed E-state index contributed by atoms with van der Waals surface area (Å²) < 4.78 is 5.50. The summed E-state index contributed by atoms with van der Waals surface area (Å²) in [5.74, 6) is 1.09. The van der Waals surface area contributed by atoms with E-state index in [1.807, 2.05) is 35.7 Å². The van der Waals surface area contributed by atoms with E-state index in [9.17, 15) is 14.4 Å². The van der Waals surface area contributed by atoms with Gasteiger partial charge in [-0.1, -0.05) is 12.1 Å². The minimum absolute atomic E-state index is 0.206. The summed E-state index contributed by atoms with van der Waals surface area (Å²) in [7, 11) is 1.55. The van der Waals surface area contributed by atoms with Gasteiger partial charge in [-0.15, -0.1) is 23.5 Å². The zero-order valence-electron chi connectivity index (χ0n) is 15.3. The number of hydrogen-bond acceptors (Lipinski definition) is 6. The van der Waals surface area contributed by atoms with Crippen molar-refractivity contribution in [1.82, 2.24) is 5.32 Å². The molecule has 0 atom stereocenters. The van der Waals surface area contributed by atoms with Gasteiger partial charge in [0, 0.05) is 29.8 Å². The topological polar surface area (TPSA) is 84.5 Å². The zero-order valence-corrected chi connectivity index (χ0v) is 16.9. The molecule has 0 saturated carbocycles. The normalized spacial score (nSPS) is 13.8. The van der Waals surface area contributed by atoms with Crippen molar-refractivity contribution in [2.45, 2.75) is 4.58 Å². The lowest BCUT2D eigenvalue weighted by Crippen LogP contribution is -2.21. The van der Waals surface area contributed by atoms with Gasteiger partial charge in [-0.2, -0.15) is 0 Å². The molecule has 2 amide bonds. The fourth-order valence-electron chi connectivity index (χ4n) is 2.59. The van der Waals surface area contributed by atoms with E-state index in [-0.39, 0.29) is 12.5 Å². The molecule has 1 heterocycles. The van der Waals surface area contributed by atoms with Gasteiger partial charge in [0.05, 0.1) is 10.1 Å². The number of nitrogens with one attached hydrogen (secondary N) is 2. The van der Waals surface area contributed by atoms with Gasteiger partial charge in [-0.3, -0.25) is 9.59 Å². The molecule has 0 bridgehead atoms. The Hall–Kier alpha value is -2.45. The van der Waals surface area contributed by atoms with Crippen molar-refractivity contribution in [3.05, 3.63) is 65.2 Å². The van der Waals surface area contributed by atoms with Crippen LogP contribution in [0.5, 0.6) is 0 Å². The third-order valence-electron chi connectivity index (χ3n) is 4.03. The van der Waals surface area contributed by atoms with Crippen LogP contribution in [0.15, 0.2) is 48.5 Å². The van der Waals surface area contributed by atoms with Crippen LogP contribution >= 0.6 is 23.5 Å². The molecule has 3 rings (SSSR count). The van der Waals surface area contributed by atoms with Crippen LogP contribution in [0.1, 0.15) is 30.9 Å². The largest absolute Gasteiger partial charge is 0.452 e. The molecular weight excluding hydrogens is 396 g/mol. The summed E-state index contributed by atoms with van der Waals surface area (Å²) in [5.41, 5.74) is 2.61. The van der Waals surface area contributed by atoms with Gasteiger partial charge in [0.15, 0.2) is 6.61 Å². The highest BCUT2D eigenvalue weighted by atomic mass is 32.2. The molecule has 2 N–H and O–H groups in total. The van der Waals surface area contributed by atoms with Gasteiger partial charge in [0.2, 0.25) is 0 Å². The first-order valence-electron chi connectivity index (χ1n) is 8.69. The molecule has 28 heavy (non-hydrogen) atoms. The maximum Gasteiger partial charge on any atom is 0.338 e. The molecule has 1 saturated heterocycles. The van der Waals surface area contributed by atoms with E-state index in [1.54, 1.807) is 43.4 Å². The Bertz CT molecular complexity index is 848. The van der Waals surface area contributed by atoms with Gasteiger partial charge in [-0.05, 0) is 42.0 Å². The quantitative estimate of drug-likeness (QED) is 0.703. The van der Waals surface area contributed by atoms with Crippen LogP contribution in [0.4, 0.5) is 5.69 Å². The summed E-state index contributed by atoms with van der Waals surface area (Å²) in [6.07, 6.45) is 0. The van der Waals surface area contributed by atoms with Crippen LogP contribution < -0.4 is 10.6 Å². The van der Waals surface area contributed by atoms with Gasteiger partial charge in [0.1, 0.15) is 0 Å². The molecule has 0 aliphatic carbocycles. The van der Waals surface area contributed by atoms with Crippen LogP contribution in [-0.2, 0) is 9.53 Å². The van der Waals surface area contributed by atoms with Crippen LogP contribution in [0.2, 0.25) is 0 Å². The van der Waals surface area contributed by atoms with E-state index < -0.39 is 11.9 Å². The predicted molar refractivity (Wildman–Crippen MR) is 113 cm³/mol. The Morgan fingerprint density at radius 3 is 2.18 bits per heavy atom. The number of rotatable bonds is 6. The number of anilines is 1. The van der Waals surface area contributed by atoms with Crippen molar-refractivity contribution in [1.29, 1.82) is 0 Å². The van der Waals surface area contributed by atoms with Crippen molar-refractivity contribution in [2.75, 3.05) is 30.5 Å². The maximum absolute atomic E-state index is 12.1. The molecule has 8 heteroatoms. The Morgan fingerprint density at radius 1 is 0.964 bits per heavy atom. The lowest BCUT2D eigenvalue weighted by molar-refractivity contribution is -0.119. The standard InChI is InChI=1S/C20H20N2O4S2/c1-21-18(24)13-6-8-16(9-7-13)22-17(23)12-26-19(25)14-2-4-15(5-3-14)20-27-10-11-28-20/h2-9,20H,10-12H2,1H3,(H,21,24)(H,22,23). The molecule has 0 aromatic heterocycles. The second-order valence-corrected chi connectivity index (χ2v) is 8.70. The Kier molecular flexibility index (Phi) is 7.00. The van der Waals surface area contributed by atoms with Crippen LogP contribution in [0, 0.1) is 0 Å². The molecule has 2 aromatic rings. The van der Waals surface area contributed by atoms with E-state index in [2.05, 4.69) is 10.6 Å². The highest BCUT2D eigenvalue weighted by molar-refractivity contribution is 8.19. The second-order valence-electron chi connectivity index (χ2n) is 5.98. The summed E-state index contributed by atoms with van der Waals surface area (Å²) in [4.78, 5) is 35.6. The van der Waals surface area contributed by atoms with E-state index >= 15 is 0 Å². The molecule has 1 aliphatic rings. The summed E-state index contributed by atoms with van der Waals surface area (Å²) in [5, 5.41) is 5.15. The van der Waals surface area contributed by atoms with Crippen molar-refractivity contribution < 1.29 is 19.1 Å². The predicted octanol–water partition coefficient (Wildman–Crippen LogP) is 3.32. The number of hydrogen-bond donors (Lipinski definition) is 2. The molecule has 0 spiro atoms. The zero-order chi connectivity index (χ0) is 19.9. The monoisotopic (exact) mass is 416 g/mol. The minimum Gasteiger partial charge on any atom is -0.452 e. The summed E-state index contributed by atoms with van der Waals surface area (Å²) in [6, 6.07) is 13.7. The van der Waals surface area contributed by atoms with Crippen LogP contribution in [0.25, 0.3) is 0 Å². The number of carbonyl (C=O) groups is 3. The first kappa shape index (κ1) is 20.3. The lowest BCUT2D eigenvalue weighted by Gasteiger charge is -2.10. The SMILES string of the molecule is CNC(=O)c1ccc(NC(=O)COC(=O)c2ccc(C3SCCS3)cc2)cc1. The molecular formula is C20H20N2O4S2. The number of benzene rings is 2. The second kappa shape index (κ2) is 9.66. The van der Waals surface area contributed by atoms with E-state index in [1.165, 1.54) is 5.56 Å². The fourth-order valence-corrected chi connectivity index (χ4v) is 5.45. The Balaban J connectivity index is 1.48. The van der Waals surface area contributed by atoms with Crippen molar-refractivity contribution in [3.8, 4) is 0 Å². The van der Waals surface area contributed by atoms with Gasteiger partial charge >= 0.3 is 5.97 Å². The number of ether oxygens (including phenoxy) is 1. The van der Waals surface area contributed by atoms with Crippen LogP contribution in [-0.4, -0.2) is 42.9 Å².